The topological polar surface area (TPSA) is 66.5 Å². The first-order valence-corrected chi connectivity index (χ1v) is 10.6. The van der Waals surface area contributed by atoms with Crippen molar-refractivity contribution in [3.8, 4) is 0 Å². The molecule has 1 atom stereocenters. The summed E-state index contributed by atoms with van der Waals surface area (Å²) >= 11 is 0. The molecule has 27 heavy (non-hydrogen) atoms. The highest BCUT2D eigenvalue weighted by Gasteiger charge is 2.25. The van der Waals surface area contributed by atoms with Crippen molar-refractivity contribution in [1.82, 2.24) is 9.62 Å². The summed E-state index contributed by atoms with van der Waals surface area (Å²) in [5, 5.41) is 2.86. The van der Waals surface area contributed by atoms with Crippen LogP contribution in [0.25, 0.3) is 0 Å². The second-order valence-corrected chi connectivity index (χ2v) is 8.77. The largest absolute Gasteiger partial charge is 0.346 e. The zero-order valence-electron chi connectivity index (χ0n) is 15.2. The lowest BCUT2D eigenvalue weighted by Crippen LogP contribution is -2.29. The molecule has 1 aliphatic heterocycles. The minimum Gasteiger partial charge on any atom is -0.346 e. The minimum absolute atomic E-state index is 0.0547. The van der Waals surface area contributed by atoms with Crippen molar-refractivity contribution in [3.63, 3.8) is 0 Å². The molecule has 0 saturated carbocycles. The van der Waals surface area contributed by atoms with Crippen LogP contribution >= 0.6 is 0 Å². The summed E-state index contributed by atoms with van der Waals surface area (Å²) in [6.45, 7) is 3.00. The Morgan fingerprint density at radius 3 is 2.26 bits per heavy atom. The van der Waals surface area contributed by atoms with Crippen LogP contribution in [0.15, 0.2) is 48.5 Å². The van der Waals surface area contributed by atoms with E-state index in [0.29, 0.717) is 24.2 Å². The Balaban J connectivity index is 1.62. The lowest BCUT2D eigenvalue weighted by molar-refractivity contribution is 0.0940. The van der Waals surface area contributed by atoms with Gasteiger partial charge in [-0.15, -0.1) is 0 Å². The molecule has 1 saturated heterocycles. The number of amides is 1. The van der Waals surface area contributed by atoms with Crippen molar-refractivity contribution in [3.05, 3.63) is 71.0 Å². The van der Waals surface area contributed by atoms with Crippen molar-refractivity contribution in [2.45, 2.75) is 31.6 Å². The quantitative estimate of drug-likeness (QED) is 0.823. The molecule has 1 unspecified atom stereocenters. The lowest BCUT2D eigenvalue weighted by Gasteiger charge is -2.16. The van der Waals surface area contributed by atoms with E-state index in [9.17, 15) is 17.6 Å². The highest BCUT2D eigenvalue weighted by Crippen LogP contribution is 2.18. The average Bonchev–Trinajstić information content (AvgIpc) is 3.18. The summed E-state index contributed by atoms with van der Waals surface area (Å²) in [6, 6.07) is 12.3. The molecule has 0 aliphatic carbocycles. The molecule has 1 amide bonds. The van der Waals surface area contributed by atoms with Gasteiger partial charge < -0.3 is 5.32 Å². The second kappa shape index (κ2) is 8.19. The first kappa shape index (κ1) is 19.5. The van der Waals surface area contributed by atoms with Gasteiger partial charge >= 0.3 is 0 Å². The Bertz CT molecular complexity index is 890. The van der Waals surface area contributed by atoms with Gasteiger partial charge in [0.1, 0.15) is 5.82 Å². The number of sulfonamides is 1. The van der Waals surface area contributed by atoms with E-state index in [4.69, 9.17) is 0 Å². The third-order valence-corrected chi connectivity index (χ3v) is 6.59. The Morgan fingerprint density at radius 1 is 1.07 bits per heavy atom. The van der Waals surface area contributed by atoms with Gasteiger partial charge in [-0.2, -0.15) is 0 Å². The summed E-state index contributed by atoms with van der Waals surface area (Å²) in [5.41, 5.74) is 1.91. The Morgan fingerprint density at radius 2 is 1.67 bits per heavy atom. The van der Waals surface area contributed by atoms with E-state index >= 15 is 0 Å². The molecule has 1 fully saturated rings. The van der Waals surface area contributed by atoms with E-state index in [-0.39, 0.29) is 23.5 Å². The zero-order chi connectivity index (χ0) is 19.4. The molecule has 144 valence electrons. The first-order chi connectivity index (χ1) is 12.8. The molecule has 3 rings (SSSR count). The van der Waals surface area contributed by atoms with Gasteiger partial charge in [0, 0.05) is 18.7 Å². The number of nitrogens with zero attached hydrogens (tertiary/aromatic N) is 1. The van der Waals surface area contributed by atoms with Crippen LogP contribution in [-0.4, -0.2) is 31.7 Å². The fraction of sp³-hybridized carbons (Fsp3) is 0.350. The Kier molecular flexibility index (Phi) is 5.92. The van der Waals surface area contributed by atoms with Crippen molar-refractivity contribution in [2.24, 2.45) is 0 Å². The van der Waals surface area contributed by atoms with Crippen molar-refractivity contribution in [2.75, 3.05) is 13.1 Å². The summed E-state index contributed by atoms with van der Waals surface area (Å²) in [7, 11) is -3.30. The van der Waals surface area contributed by atoms with Crippen molar-refractivity contribution < 1.29 is 17.6 Å². The SMILES string of the molecule is CC(NC(=O)c1ccc(CS(=O)(=O)N2CCCC2)cc1)c1ccc(F)cc1. The van der Waals surface area contributed by atoms with Gasteiger partial charge in [-0.1, -0.05) is 24.3 Å². The van der Waals surface area contributed by atoms with E-state index in [1.807, 2.05) is 6.92 Å². The van der Waals surface area contributed by atoms with E-state index in [0.717, 1.165) is 18.4 Å². The molecule has 1 N–H and O–H groups in total. The highest BCUT2D eigenvalue weighted by molar-refractivity contribution is 7.88. The van der Waals surface area contributed by atoms with Gasteiger partial charge in [0.25, 0.3) is 5.91 Å². The summed E-state index contributed by atoms with van der Waals surface area (Å²) in [6.07, 6.45) is 1.81. The smallest absolute Gasteiger partial charge is 0.251 e. The van der Waals surface area contributed by atoms with Crippen LogP contribution in [0.1, 0.15) is 47.3 Å². The minimum atomic E-state index is -3.30. The third-order valence-electron chi connectivity index (χ3n) is 4.74. The van der Waals surface area contributed by atoms with Crippen molar-refractivity contribution in [1.29, 1.82) is 0 Å². The highest BCUT2D eigenvalue weighted by atomic mass is 32.2. The maximum Gasteiger partial charge on any atom is 0.251 e. The molecule has 0 spiro atoms. The van der Waals surface area contributed by atoms with E-state index in [1.165, 1.54) is 16.4 Å². The fourth-order valence-electron chi connectivity index (χ4n) is 3.14. The molecule has 1 aliphatic rings. The molecular formula is C20H23FN2O3S. The predicted molar refractivity (Wildman–Crippen MR) is 102 cm³/mol. The molecule has 5 nitrogen and oxygen atoms in total. The van der Waals surface area contributed by atoms with Gasteiger partial charge in [-0.05, 0) is 55.2 Å². The van der Waals surface area contributed by atoms with Gasteiger partial charge in [0.05, 0.1) is 11.8 Å². The van der Waals surface area contributed by atoms with E-state index in [2.05, 4.69) is 5.32 Å². The van der Waals surface area contributed by atoms with Crippen LogP contribution < -0.4 is 5.32 Å². The molecule has 0 aromatic heterocycles. The number of nitrogens with one attached hydrogen (secondary N) is 1. The molecule has 0 bridgehead atoms. The number of benzene rings is 2. The average molecular weight is 390 g/mol. The normalized spacial score (nSPS) is 16.2. The zero-order valence-corrected chi connectivity index (χ0v) is 16.0. The number of halogens is 1. The van der Waals surface area contributed by atoms with Crippen LogP contribution in [0, 0.1) is 5.82 Å². The van der Waals surface area contributed by atoms with Crippen LogP contribution in [0.4, 0.5) is 4.39 Å². The fourth-order valence-corrected chi connectivity index (χ4v) is 4.75. The predicted octanol–water partition coefficient (Wildman–Crippen LogP) is 3.24. The number of hydrogen-bond acceptors (Lipinski definition) is 3. The molecule has 2 aromatic rings. The Hall–Kier alpha value is -2.25. The third kappa shape index (κ3) is 4.93. The number of carbonyl (C=O) groups excluding carboxylic acids is 1. The van der Waals surface area contributed by atoms with Gasteiger partial charge in [-0.25, -0.2) is 17.1 Å². The number of hydrogen-bond donors (Lipinski definition) is 1. The molecule has 2 aromatic carbocycles. The molecule has 0 radical (unpaired) electrons. The summed E-state index contributed by atoms with van der Waals surface area (Å²) in [5.74, 6) is -0.640. The lowest BCUT2D eigenvalue weighted by atomic mass is 10.1. The van der Waals surface area contributed by atoms with Crippen molar-refractivity contribution >= 4 is 15.9 Å². The summed E-state index contributed by atoms with van der Waals surface area (Å²) < 4.78 is 39.3. The van der Waals surface area contributed by atoms with Crippen LogP contribution in [-0.2, 0) is 15.8 Å². The Labute approximate surface area is 159 Å². The van der Waals surface area contributed by atoms with E-state index in [1.54, 1.807) is 36.4 Å². The van der Waals surface area contributed by atoms with Gasteiger partial charge in [0.15, 0.2) is 0 Å². The number of carbonyl (C=O) groups is 1. The maximum atomic E-state index is 13.0. The van der Waals surface area contributed by atoms with Crippen LogP contribution in [0.3, 0.4) is 0 Å². The monoisotopic (exact) mass is 390 g/mol. The van der Waals surface area contributed by atoms with Crippen LogP contribution in [0.2, 0.25) is 0 Å². The van der Waals surface area contributed by atoms with E-state index < -0.39 is 10.0 Å². The van der Waals surface area contributed by atoms with Crippen LogP contribution in [0.5, 0.6) is 0 Å². The molecular weight excluding hydrogens is 367 g/mol. The van der Waals surface area contributed by atoms with Gasteiger partial charge in [0.2, 0.25) is 10.0 Å². The number of rotatable bonds is 6. The standard InChI is InChI=1S/C20H23FN2O3S/c1-15(17-8-10-19(21)11-9-17)22-20(24)18-6-4-16(5-7-18)14-27(25,26)23-12-2-3-13-23/h4-11,15H,2-3,12-14H2,1H3,(H,22,24). The second-order valence-electron chi connectivity index (χ2n) is 6.81. The summed E-state index contributed by atoms with van der Waals surface area (Å²) in [4.78, 5) is 12.4. The van der Waals surface area contributed by atoms with Gasteiger partial charge in [-0.3, -0.25) is 4.79 Å². The maximum absolute atomic E-state index is 13.0. The molecule has 7 heteroatoms. The molecule has 1 heterocycles. The first-order valence-electron chi connectivity index (χ1n) is 8.98.